The summed E-state index contributed by atoms with van der Waals surface area (Å²) in [5.74, 6) is 0.979. The first-order valence-electron chi connectivity index (χ1n) is 16.0. The van der Waals surface area contributed by atoms with Crippen LogP contribution in [-0.2, 0) is 12.8 Å². The number of aryl methyl sites for hydroxylation is 1. The van der Waals surface area contributed by atoms with Crippen LogP contribution in [-0.4, -0.2) is 27.0 Å². The Kier molecular flexibility index (Phi) is 9.82. The maximum absolute atomic E-state index is 14.5. The quantitative estimate of drug-likeness (QED) is 0.174. The zero-order chi connectivity index (χ0) is 32.1. The van der Waals surface area contributed by atoms with E-state index in [1.165, 1.54) is 5.56 Å². The van der Waals surface area contributed by atoms with Crippen LogP contribution < -0.4 is 10.9 Å². The summed E-state index contributed by atoms with van der Waals surface area (Å²) in [5.41, 5.74) is 6.57. The molecule has 0 aliphatic heterocycles. The molecule has 1 N–H and O–H groups in total. The largest absolute Gasteiger partial charge is 0.322 e. The fourth-order valence-electron chi connectivity index (χ4n) is 5.94. The minimum Gasteiger partial charge on any atom is -0.314 e. The molecule has 4 aromatic carbocycles. The molecule has 5 aromatic rings. The smallest absolute Gasteiger partial charge is 0.314 e. The minimum absolute atomic E-state index is 0.151. The number of hydrogen-bond donors (Lipinski definition) is 1. The number of amides is 2. The molecule has 0 fully saturated rings. The third-order valence-electron chi connectivity index (χ3n) is 8.60. The second kappa shape index (κ2) is 13.9. The number of rotatable bonds is 10. The number of hydrogen-bond acceptors (Lipinski definition) is 3. The van der Waals surface area contributed by atoms with Gasteiger partial charge in [-0.1, -0.05) is 107 Å². The molecule has 45 heavy (non-hydrogen) atoms. The van der Waals surface area contributed by atoms with Crippen molar-refractivity contribution in [1.82, 2.24) is 14.5 Å². The maximum atomic E-state index is 14.5. The van der Waals surface area contributed by atoms with Crippen molar-refractivity contribution in [3.8, 4) is 5.69 Å². The molecule has 5 rings (SSSR count). The highest BCUT2D eigenvalue weighted by Gasteiger charge is 2.28. The summed E-state index contributed by atoms with van der Waals surface area (Å²) >= 11 is 0. The second-order valence-corrected chi connectivity index (χ2v) is 12.3. The monoisotopic (exact) mass is 600 g/mol. The molecule has 6 heteroatoms. The summed E-state index contributed by atoms with van der Waals surface area (Å²) in [6, 6.07) is 31.1. The van der Waals surface area contributed by atoms with E-state index in [4.69, 9.17) is 4.98 Å². The van der Waals surface area contributed by atoms with E-state index in [2.05, 4.69) is 70.3 Å². The molecule has 1 aromatic heterocycles. The molecular formula is C39H44N4O2. The predicted molar refractivity (Wildman–Crippen MR) is 186 cm³/mol. The van der Waals surface area contributed by atoms with Gasteiger partial charge in [-0.25, -0.2) is 9.78 Å². The number of carbonyl (C=O) groups excluding carboxylic acids is 1. The first-order chi connectivity index (χ1) is 21.7. The fourth-order valence-corrected chi connectivity index (χ4v) is 5.94. The first kappa shape index (κ1) is 31.7. The summed E-state index contributed by atoms with van der Waals surface area (Å²) in [4.78, 5) is 35.5. The van der Waals surface area contributed by atoms with Gasteiger partial charge in [0.25, 0.3) is 5.56 Å². The summed E-state index contributed by atoms with van der Waals surface area (Å²) in [7, 11) is 0. The van der Waals surface area contributed by atoms with Gasteiger partial charge in [0.2, 0.25) is 0 Å². The molecule has 0 bridgehead atoms. The number of para-hydroxylation sites is 2. The van der Waals surface area contributed by atoms with Crippen LogP contribution in [0.1, 0.15) is 87.5 Å². The van der Waals surface area contributed by atoms with E-state index in [0.717, 1.165) is 34.5 Å². The van der Waals surface area contributed by atoms with Crippen LogP contribution in [0.2, 0.25) is 0 Å². The van der Waals surface area contributed by atoms with Crippen LogP contribution in [0.3, 0.4) is 0 Å². The van der Waals surface area contributed by atoms with Gasteiger partial charge in [0.05, 0.1) is 22.6 Å². The molecule has 0 spiro atoms. The zero-order valence-corrected chi connectivity index (χ0v) is 27.2. The van der Waals surface area contributed by atoms with Gasteiger partial charge in [0.15, 0.2) is 0 Å². The van der Waals surface area contributed by atoms with E-state index in [0.29, 0.717) is 29.7 Å². The van der Waals surface area contributed by atoms with Crippen molar-refractivity contribution in [2.75, 3.05) is 11.9 Å². The third kappa shape index (κ3) is 6.85. The van der Waals surface area contributed by atoms with Gasteiger partial charge in [-0.2, -0.15) is 0 Å². The van der Waals surface area contributed by atoms with Crippen LogP contribution >= 0.6 is 0 Å². The normalized spacial score (nSPS) is 12.1. The average Bonchev–Trinajstić information content (AvgIpc) is 3.05. The predicted octanol–water partition coefficient (Wildman–Crippen LogP) is 9.03. The van der Waals surface area contributed by atoms with Gasteiger partial charge < -0.3 is 10.2 Å². The minimum atomic E-state index is -0.523. The molecule has 0 saturated heterocycles. The Morgan fingerprint density at radius 1 is 0.778 bits per heavy atom. The number of benzene rings is 4. The van der Waals surface area contributed by atoms with Crippen LogP contribution in [0.15, 0.2) is 102 Å². The molecule has 0 saturated carbocycles. The number of carbonyl (C=O) groups is 1. The van der Waals surface area contributed by atoms with Crippen molar-refractivity contribution in [1.29, 1.82) is 0 Å². The van der Waals surface area contributed by atoms with Crippen molar-refractivity contribution in [3.05, 3.63) is 135 Å². The van der Waals surface area contributed by atoms with Gasteiger partial charge in [0, 0.05) is 12.2 Å². The van der Waals surface area contributed by atoms with Gasteiger partial charge in [0.1, 0.15) is 5.82 Å². The van der Waals surface area contributed by atoms with Crippen LogP contribution in [0.25, 0.3) is 16.6 Å². The van der Waals surface area contributed by atoms with E-state index < -0.39 is 6.04 Å². The molecule has 1 unspecified atom stereocenters. The van der Waals surface area contributed by atoms with E-state index >= 15 is 0 Å². The van der Waals surface area contributed by atoms with Crippen LogP contribution in [0, 0.1) is 0 Å². The average molecular weight is 601 g/mol. The molecule has 6 nitrogen and oxygen atoms in total. The lowest BCUT2D eigenvalue weighted by atomic mass is 9.92. The van der Waals surface area contributed by atoms with Crippen molar-refractivity contribution >= 4 is 22.6 Å². The molecule has 0 aliphatic carbocycles. The molecule has 0 aliphatic rings. The Morgan fingerprint density at radius 2 is 1.40 bits per heavy atom. The lowest BCUT2D eigenvalue weighted by Gasteiger charge is -2.32. The van der Waals surface area contributed by atoms with E-state index in [1.807, 2.05) is 78.6 Å². The van der Waals surface area contributed by atoms with Gasteiger partial charge >= 0.3 is 6.03 Å². The second-order valence-electron chi connectivity index (χ2n) is 12.3. The van der Waals surface area contributed by atoms with Gasteiger partial charge in [-0.05, 0) is 78.1 Å². The van der Waals surface area contributed by atoms with Crippen molar-refractivity contribution in [2.24, 2.45) is 0 Å². The van der Waals surface area contributed by atoms with E-state index in [9.17, 15) is 9.59 Å². The summed E-state index contributed by atoms with van der Waals surface area (Å²) < 4.78 is 1.68. The lowest BCUT2D eigenvalue weighted by molar-refractivity contribution is 0.190. The van der Waals surface area contributed by atoms with Crippen molar-refractivity contribution in [3.63, 3.8) is 0 Å². The van der Waals surface area contributed by atoms with E-state index in [-0.39, 0.29) is 23.4 Å². The highest BCUT2D eigenvalue weighted by Crippen LogP contribution is 2.33. The zero-order valence-electron chi connectivity index (χ0n) is 27.2. The molecular weight excluding hydrogens is 556 g/mol. The maximum Gasteiger partial charge on any atom is 0.322 e. The lowest BCUT2D eigenvalue weighted by Crippen LogP contribution is -2.41. The first-order valence-corrected chi connectivity index (χ1v) is 16.0. The fraction of sp³-hybridized carbons (Fsp3) is 0.308. The number of anilines is 1. The number of fused-ring (bicyclic) bond motifs is 1. The molecule has 1 heterocycles. The number of nitrogens with one attached hydrogen (secondary N) is 1. The SMILES string of the molecule is CCc1ccc(-n2c(C(C)N(CCc3ccccc3)C(=O)Nc3c(C(C)C)cccc3C(C)C)nc3ccccc3c2=O)cc1. The molecule has 0 radical (unpaired) electrons. The van der Waals surface area contributed by atoms with Crippen molar-refractivity contribution < 1.29 is 4.79 Å². The van der Waals surface area contributed by atoms with Crippen LogP contribution in [0.4, 0.5) is 10.5 Å². The summed E-state index contributed by atoms with van der Waals surface area (Å²) in [6.45, 7) is 13.1. The topological polar surface area (TPSA) is 67.2 Å². The third-order valence-corrected chi connectivity index (χ3v) is 8.60. The Bertz CT molecular complexity index is 1800. The van der Waals surface area contributed by atoms with Crippen LogP contribution in [0.5, 0.6) is 0 Å². The Labute approximate surface area is 266 Å². The Balaban J connectivity index is 1.64. The number of nitrogens with zero attached hydrogens (tertiary/aromatic N) is 3. The van der Waals surface area contributed by atoms with Crippen molar-refractivity contribution in [2.45, 2.75) is 72.3 Å². The Morgan fingerprint density at radius 3 is 2.02 bits per heavy atom. The molecule has 232 valence electrons. The standard InChI is InChI=1S/C39H44N4O2/c1-7-29-20-22-31(23-21-29)43-37(40-35-19-12-11-16-34(35)38(43)44)28(6)42(25-24-30-14-9-8-10-15-30)39(45)41-36-32(26(2)3)17-13-18-33(36)27(4)5/h8-23,26-28H,7,24-25H2,1-6H3,(H,41,45). The number of urea groups is 1. The highest BCUT2D eigenvalue weighted by molar-refractivity contribution is 5.92. The molecule has 1 atom stereocenters. The summed E-state index contributed by atoms with van der Waals surface area (Å²) in [6.07, 6.45) is 1.56. The van der Waals surface area contributed by atoms with E-state index in [1.54, 1.807) is 4.57 Å². The highest BCUT2D eigenvalue weighted by atomic mass is 16.2. The molecule has 2 amide bonds. The van der Waals surface area contributed by atoms with Gasteiger partial charge in [-0.3, -0.25) is 9.36 Å². The summed E-state index contributed by atoms with van der Waals surface area (Å²) in [5, 5.41) is 3.87. The van der Waals surface area contributed by atoms with Gasteiger partial charge in [-0.15, -0.1) is 0 Å². The number of aromatic nitrogens is 2. The Hall–Kier alpha value is -4.71.